The van der Waals surface area contributed by atoms with Crippen molar-refractivity contribution in [1.29, 1.82) is 0 Å². The Morgan fingerprint density at radius 2 is 2.12 bits per heavy atom. The van der Waals surface area contributed by atoms with Crippen molar-refractivity contribution in [1.82, 2.24) is 10.2 Å². The van der Waals surface area contributed by atoms with Crippen LogP contribution in [0.5, 0.6) is 0 Å². The molecular weight excluding hydrogens is 200 g/mol. The molecule has 0 amide bonds. The lowest BCUT2D eigenvalue weighted by Gasteiger charge is -2.24. The number of likely N-dealkylation sites (tertiary alicyclic amines) is 1. The average Bonchev–Trinajstić information content (AvgIpc) is 2.73. The van der Waals surface area contributed by atoms with Crippen LogP contribution in [-0.2, 0) is 4.74 Å². The molecule has 0 bridgehead atoms. The van der Waals surface area contributed by atoms with Crippen molar-refractivity contribution in [3.8, 4) is 0 Å². The Balaban J connectivity index is 2.08. The number of nitrogens with zero attached hydrogens (tertiary/aromatic N) is 1. The first kappa shape index (κ1) is 13.9. The highest BCUT2D eigenvalue weighted by atomic mass is 16.5. The molecule has 0 aliphatic carbocycles. The molecule has 0 aromatic carbocycles. The van der Waals surface area contributed by atoms with Crippen LogP contribution in [0, 0.1) is 0 Å². The number of hydrogen-bond acceptors (Lipinski definition) is 3. The predicted molar refractivity (Wildman–Crippen MR) is 68.9 cm³/mol. The summed E-state index contributed by atoms with van der Waals surface area (Å²) in [6.07, 6.45) is 5.06. The summed E-state index contributed by atoms with van der Waals surface area (Å²) >= 11 is 0. The third-order valence-corrected chi connectivity index (χ3v) is 3.18. The first-order valence-electron chi connectivity index (χ1n) is 6.91. The zero-order valence-electron chi connectivity index (χ0n) is 11.0. The van der Waals surface area contributed by atoms with Gasteiger partial charge >= 0.3 is 0 Å². The van der Waals surface area contributed by atoms with E-state index < -0.39 is 0 Å². The van der Waals surface area contributed by atoms with E-state index >= 15 is 0 Å². The third-order valence-electron chi connectivity index (χ3n) is 3.18. The Morgan fingerprint density at radius 1 is 1.25 bits per heavy atom. The van der Waals surface area contributed by atoms with Gasteiger partial charge in [-0.25, -0.2) is 0 Å². The van der Waals surface area contributed by atoms with E-state index in [0.717, 1.165) is 45.3 Å². The zero-order valence-corrected chi connectivity index (χ0v) is 11.0. The van der Waals surface area contributed by atoms with Gasteiger partial charge in [-0.15, -0.1) is 0 Å². The molecule has 16 heavy (non-hydrogen) atoms. The molecule has 1 saturated heterocycles. The lowest BCUT2D eigenvalue weighted by Crippen LogP contribution is -2.39. The van der Waals surface area contributed by atoms with E-state index in [0.29, 0.717) is 0 Å². The molecule has 1 unspecified atom stereocenters. The largest absolute Gasteiger partial charge is 0.380 e. The van der Waals surface area contributed by atoms with Crippen molar-refractivity contribution in [2.24, 2.45) is 0 Å². The van der Waals surface area contributed by atoms with Crippen LogP contribution in [0.4, 0.5) is 0 Å². The van der Waals surface area contributed by atoms with Gasteiger partial charge < -0.3 is 10.1 Å². The Kier molecular flexibility index (Phi) is 7.81. The minimum absolute atomic E-state index is 0.747. The highest BCUT2D eigenvalue weighted by Gasteiger charge is 2.23. The number of hydrogen-bond donors (Lipinski definition) is 1. The van der Waals surface area contributed by atoms with Crippen LogP contribution in [0.15, 0.2) is 0 Å². The lowest BCUT2D eigenvalue weighted by molar-refractivity contribution is 0.0995. The second kappa shape index (κ2) is 8.97. The average molecular weight is 228 g/mol. The second-order valence-electron chi connectivity index (χ2n) is 4.65. The van der Waals surface area contributed by atoms with Crippen LogP contribution in [0.2, 0.25) is 0 Å². The topological polar surface area (TPSA) is 24.5 Å². The first-order chi connectivity index (χ1) is 7.88. The Labute approximate surface area is 101 Å². The molecule has 1 atom stereocenters. The van der Waals surface area contributed by atoms with E-state index in [9.17, 15) is 0 Å². The summed E-state index contributed by atoms with van der Waals surface area (Å²) < 4.78 is 5.56. The molecule has 0 radical (unpaired) electrons. The molecule has 96 valence electrons. The van der Waals surface area contributed by atoms with Gasteiger partial charge in [0.25, 0.3) is 0 Å². The highest BCUT2D eigenvalue weighted by Crippen LogP contribution is 2.15. The van der Waals surface area contributed by atoms with Crippen molar-refractivity contribution in [2.75, 3.05) is 39.4 Å². The second-order valence-corrected chi connectivity index (χ2v) is 4.65. The van der Waals surface area contributed by atoms with Gasteiger partial charge in [0.15, 0.2) is 0 Å². The van der Waals surface area contributed by atoms with Crippen molar-refractivity contribution in [2.45, 2.75) is 45.6 Å². The Hall–Kier alpha value is -0.120. The molecule has 1 N–H and O–H groups in total. The van der Waals surface area contributed by atoms with Crippen molar-refractivity contribution >= 4 is 0 Å². The SMILES string of the molecule is CCCNCC1CCCN1CCOCCC. The maximum absolute atomic E-state index is 5.56. The van der Waals surface area contributed by atoms with Crippen LogP contribution in [0.1, 0.15) is 39.5 Å². The van der Waals surface area contributed by atoms with E-state index in [4.69, 9.17) is 4.74 Å². The quantitative estimate of drug-likeness (QED) is 0.610. The predicted octanol–water partition coefficient (Wildman–Crippen LogP) is 1.88. The maximum atomic E-state index is 5.56. The highest BCUT2D eigenvalue weighted by molar-refractivity contribution is 4.80. The molecule has 3 nitrogen and oxygen atoms in total. The van der Waals surface area contributed by atoms with Crippen LogP contribution in [0.25, 0.3) is 0 Å². The Bertz CT molecular complexity index is 164. The van der Waals surface area contributed by atoms with Gasteiger partial charge in [-0.05, 0) is 38.8 Å². The maximum Gasteiger partial charge on any atom is 0.0593 e. The molecule has 0 aromatic heterocycles. The third kappa shape index (κ3) is 5.28. The lowest BCUT2D eigenvalue weighted by atomic mass is 10.2. The van der Waals surface area contributed by atoms with E-state index in [1.807, 2.05) is 0 Å². The molecule has 1 aliphatic heterocycles. The monoisotopic (exact) mass is 228 g/mol. The minimum Gasteiger partial charge on any atom is -0.380 e. The molecule has 1 aliphatic rings. The van der Waals surface area contributed by atoms with Crippen molar-refractivity contribution < 1.29 is 4.74 Å². The summed E-state index contributed by atoms with van der Waals surface area (Å²) in [5.41, 5.74) is 0. The Morgan fingerprint density at radius 3 is 2.88 bits per heavy atom. The van der Waals surface area contributed by atoms with Gasteiger partial charge in [0.2, 0.25) is 0 Å². The molecular formula is C13H28N2O. The van der Waals surface area contributed by atoms with E-state index in [2.05, 4.69) is 24.1 Å². The number of nitrogens with one attached hydrogen (secondary N) is 1. The summed E-state index contributed by atoms with van der Waals surface area (Å²) in [5.74, 6) is 0. The molecule has 3 heteroatoms. The van der Waals surface area contributed by atoms with Crippen molar-refractivity contribution in [3.05, 3.63) is 0 Å². The zero-order chi connectivity index (χ0) is 11.6. The summed E-state index contributed by atoms with van der Waals surface area (Å²) in [6.45, 7) is 10.9. The molecule has 0 spiro atoms. The molecule has 0 saturated carbocycles. The van der Waals surface area contributed by atoms with Gasteiger partial charge in [0.05, 0.1) is 6.61 Å². The van der Waals surface area contributed by atoms with Crippen LogP contribution in [0.3, 0.4) is 0 Å². The minimum atomic E-state index is 0.747. The van der Waals surface area contributed by atoms with Crippen LogP contribution < -0.4 is 5.32 Å². The van der Waals surface area contributed by atoms with E-state index in [1.165, 1.54) is 25.8 Å². The van der Waals surface area contributed by atoms with Crippen LogP contribution in [-0.4, -0.2) is 50.3 Å². The molecule has 1 heterocycles. The normalized spacial score (nSPS) is 21.8. The molecule has 1 fully saturated rings. The molecule has 0 aromatic rings. The fraction of sp³-hybridized carbons (Fsp3) is 1.00. The first-order valence-corrected chi connectivity index (χ1v) is 6.91. The van der Waals surface area contributed by atoms with Gasteiger partial charge in [-0.2, -0.15) is 0 Å². The van der Waals surface area contributed by atoms with Gasteiger partial charge in [0, 0.05) is 25.7 Å². The number of rotatable bonds is 9. The summed E-state index contributed by atoms with van der Waals surface area (Å²) in [4.78, 5) is 2.58. The smallest absolute Gasteiger partial charge is 0.0593 e. The number of ether oxygens (including phenoxy) is 1. The standard InChI is InChI=1S/C13H28N2O/c1-3-7-14-12-13-6-5-8-15(13)9-11-16-10-4-2/h13-14H,3-12H2,1-2H3. The van der Waals surface area contributed by atoms with Gasteiger partial charge in [-0.3, -0.25) is 4.90 Å². The summed E-state index contributed by atoms with van der Waals surface area (Å²) in [7, 11) is 0. The van der Waals surface area contributed by atoms with Crippen LogP contribution >= 0.6 is 0 Å². The fourth-order valence-corrected chi connectivity index (χ4v) is 2.29. The van der Waals surface area contributed by atoms with Gasteiger partial charge in [0.1, 0.15) is 0 Å². The summed E-state index contributed by atoms with van der Waals surface area (Å²) in [6, 6.07) is 0.747. The van der Waals surface area contributed by atoms with Crippen molar-refractivity contribution in [3.63, 3.8) is 0 Å². The van der Waals surface area contributed by atoms with E-state index in [-0.39, 0.29) is 0 Å². The van der Waals surface area contributed by atoms with E-state index in [1.54, 1.807) is 0 Å². The summed E-state index contributed by atoms with van der Waals surface area (Å²) in [5, 5.41) is 3.53. The molecule has 1 rings (SSSR count). The fourth-order valence-electron chi connectivity index (χ4n) is 2.29. The van der Waals surface area contributed by atoms with Gasteiger partial charge in [-0.1, -0.05) is 13.8 Å².